The summed E-state index contributed by atoms with van der Waals surface area (Å²) in [7, 11) is 0. The SMILES string of the molecule is Cc1ccccc1C[NH2+]CC[NH2+]C[C@H](C)O. The first-order valence-electron chi connectivity index (χ1n) is 6.06. The lowest BCUT2D eigenvalue weighted by atomic mass is 10.1. The molecule has 0 unspecified atom stereocenters. The molecule has 0 fully saturated rings. The Morgan fingerprint density at radius 2 is 1.88 bits per heavy atom. The molecule has 1 rings (SSSR count). The fourth-order valence-corrected chi connectivity index (χ4v) is 1.69. The van der Waals surface area contributed by atoms with Gasteiger partial charge < -0.3 is 15.7 Å². The van der Waals surface area contributed by atoms with Crippen molar-refractivity contribution in [1.29, 1.82) is 0 Å². The fraction of sp³-hybridized carbons (Fsp3) is 0.538. The number of benzene rings is 1. The second kappa shape index (κ2) is 7.39. The zero-order chi connectivity index (χ0) is 11.8. The van der Waals surface area contributed by atoms with Gasteiger partial charge in [-0.3, -0.25) is 0 Å². The molecule has 0 amide bonds. The summed E-state index contributed by atoms with van der Waals surface area (Å²) in [6, 6.07) is 8.51. The summed E-state index contributed by atoms with van der Waals surface area (Å²) in [5.41, 5.74) is 2.78. The third-order valence-corrected chi connectivity index (χ3v) is 2.71. The van der Waals surface area contributed by atoms with Crippen molar-refractivity contribution in [2.24, 2.45) is 0 Å². The zero-order valence-corrected chi connectivity index (χ0v) is 10.3. The number of aryl methyl sites for hydroxylation is 1. The molecule has 0 aliphatic carbocycles. The van der Waals surface area contributed by atoms with Crippen LogP contribution in [0.4, 0.5) is 0 Å². The predicted molar refractivity (Wildman–Crippen MR) is 65.0 cm³/mol. The van der Waals surface area contributed by atoms with Crippen LogP contribution in [-0.4, -0.2) is 30.8 Å². The summed E-state index contributed by atoms with van der Waals surface area (Å²) >= 11 is 0. The molecular weight excluding hydrogens is 200 g/mol. The molecule has 0 spiro atoms. The quantitative estimate of drug-likeness (QED) is 0.511. The smallest absolute Gasteiger partial charge is 0.125 e. The molecule has 0 aromatic heterocycles. The van der Waals surface area contributed by atoms with Crippen molar-refractivity contribution in [2.45, 2.75) is 26.5 Å². The van der Waals surface area contributed by atoms with E-state index in [1.54, 1.807) is 0 Å². The molecule has 1 aromatic carbocycles. The van der Waals surface area contributed by atoms with Gasteiger partial charge >= 0.3 is 0 Å². The molecule has 1 atom stereocenters. The van der Waals surface area contributed by atoms with Gasteiger partial charge in [0, 0.05) is 5.56 Å². The Hall–Kier alpha value is -0.900. The highest BCUT2D eigenvalue weighted by Crippen LogP contribution is 2.03. The highest BCUT2D eigenvalue weighted by molar-refractivity contribution is 5.24. The van der Waals surface area contributed by atoms with E-state index in [0.717, 1.165) is 26.2 Å². The van der Waals surface area contributed by atoms with E-state index in [4.69, 9.17) is 5.11 Å². The Bertz CT molecular complexity index is 300. The first kappa shape index (κ1) is 13.2. The molecule has 1 aromatic rings. The summed E-state index contributed by atoms with van der Waals surface area (Å²) < 4.78 is 0. The van der Waals surface area contributed by atoms with E-state index in [1.165, 1.54) is 11.1 Å². The first-order valence-corrected chi connectivity index (χ1v) is 6.06. The zero-order valence-electron chi connectivity index (χ0n) is 10.3. The van der Waals surface area contributed by atoms with Gasteiger partial charge in [-0.2, -0.15) is 0 Å². The van der Waals surface area contributed by atoms with Crippen molar-refractivity contribution in [3.05, 3.63) is 35.4 Å². The molecule has 3 heteroatoms. The lowest BCUT2D eigenvalue weighted by molar-refractivity contribution is -0.733. The van der Waals surface area contributed by atoms with Crippen LogP contribution in [0.15, 0.2) is 24.3 Å². The molecule has 16 heavy (non-hydrogen) atoms. The minimum Gasteiger partial charge on any atom is -0.388 e. The number of hydrogen-bond donors (Lipinski definition) is 3. The van der Waals surface area contributed by atoms with Crippen molar-refractivity contribution >= 4 is 0 Å². The van der Waals surface area contributed by atoms with E-state index >= 15 is 0 Å². The average molecular weight is 224 g/mol. The van der Waals surface area contributed by atoms with Gasteiger partial charge in [0.15, 0.2) is 0 Å². The molecule has 0 saturated carbocycles. The summed E-state index contributed by atoms with van der Waals surface area (Å²) in [4.78, 5) is 0. The lowest BCUT2D eigenvalue weighted by Gasteiger charge is -2.05. The molecule has 3 nitrogen and oxygen atoms in total. The Morgan fingerprint density at radius 3 is 2.56 bits per heavy atom. The molecule has 5 N–H and O–H groups in total. The van der Waals surface area contributed by atoms with Crippen molar-refractivity contribution in [3.63, 3.8) is 0 Å². The number of aliphatic hydroxyl groups is 1. The Labute approximate surface area is 97.9 Å². The number of quaternary nitrogens is 2. The maximum Gasteiger partial charge on any atom is 0.125 e. The Morgan fingerprint density at radius 1 is 1.19 bits per heavy atom. The van der Waals surface area contributed by atoms with E-state index in [-0.39, 0.29) is 6.10 Å². The van der Waals surface area contributed by atoms with Gasteiger partial charge in [0.25, 0.3) is 0 Å². The summed E-state index contributed by atoms with van der Waals surface area (Å²) in [6.07, 6.45) is -0.198. The molecule has 0 radical (unpaired) electrons. The van der Waals surface area contributed by atoms with Crippen LogP contribution in [0.2, 0.25) is 0 Å². The molecule has 90 valence electrons. The third-order valence-electron chi connectivity index (χ3n) is 2.71. The summed E-state index contributed by atoms with van der Waals surface area (Å²) in [5, 5.41) is 13.6. The summed E-state index contributed by atoms with van der Waals surface area (Å²) in [5.74, 6) is 0. The van der Waals surface area contributed by atoms with Gasteiger partial charge in [-0.1, -0.05) is 24.3 Å². The van der Waals surface area contributed by atoms with Crippen molar-refractivity contribution in [1.82, 2.24) is 0 Å². The van der Waals surface area contributed by atoms with Gasteiger partial charge in [-0.15, -0.1) is 0 Å². The second-order valence-corrected chi connectivity index (χ2v) is 4.37. The van der Waals surface area contributed by atoms with Crippen LogP contribution in [-0.2, 0) is 6.54 Å². The molecule has 0 heterocycles. The lowest BCUT2D eigenvalue weighted by Crippen LogP contribution is -2.95. The first-order chi connectivity index (χ1) is 7.70. The maximum absolute atomic E-state index is 9.08. The molecule has 0 aliphatic rings. The van der Waals surface area contributed by atoms with E-state index in [1.807, 2.05) is 6.92 Å². The molecule has 0 saturated heterocycles. The Balaban J connectivity index is 2.10. The van der Waals surface area contributed by atoms with Crippen molar-refractivity contribution in [3.8, 4) is 0 Å². The molecule has 0 aliphatic heterocycles. The van der Waals surface area contributed by atoms with Gasteiger partial charge in [-0.05, 0) is 19.4 Å². The number of aliphatic hydroxyl groups excluding tert-OH is 1. The second-order valence-electron chi connectivity index (χ2n) is 4.37. The number of hydrogen-bond acceptors (Lipinski definition) is 1. The van der Waals surface area contributed by atoms with Crippen LogP contribution in [0.5, 0.6) is 0 Å². The molecule has 0 bridgehead atoms. The highest BCUT2D eigenvalue weighted by atomic mass is 16.3. The summed E-state index contributed by atoms with van der Waals surface area (Å²) in [6.45, 7) is 8.00. The van der Waals surface area contributed by atoms with Crippen LogP contribution in [0.1, 0.15) is 18.1 Å². The van der Waals surface area contributed by atoms with Gasteiger partial charge in [0.1, 0.15) is 26.2 Å². The minimum atomic E-state index is -0.198. The highest BCUT2D eigenvalue weighted by Gasteiger charge is 2.00. The largest absolute Gasteiger partial charge is 0.388 e. The topological polar surface area (TPSA) is 53.5 Å². The molecular formula is C13H24N2O+2. The van der Waals surface area contributed by atoms with Crippen LogP contribution in [0.25, 0.3) is 0 Å². The van der Waals surface area contributed by atoms with Gasteiger partial charge in [0.2, 0.25) is 0 Å². The van der Waals surface area contributed by atoms with Crippen LogP contribution in [0.3, 0.4) is 0 Å². The minimum absolute atomic E-state index is 0.198. The third kappa shape index (κ3) is 5.26. The van der Waals surface area contributed by atoms with Crippen molar-refractivity contribution in [2.75, 3.05) is 19.6 Å². The monoisotopic (exact) mass is 224 g/mol. The maximum atomic E-state index is 9.08. The van der Waals surface area contributed by atoms with E-state index in [0.29, 0.717) is 0 Å². The van der Waals surface area contributed by atoms with Gasteiger partial charge in [0.05, 0.1) is 6.10 Å². The van der Waals surface area contributed by atoms with Gasteiger partial charge in [-0.25, -0.2) is 0 Å². The van der Waals surface area contributed by atoms with E-state index < -0.39 is 0 Å². The van der Waals surface area contributed by atoms with Crippen molar-refractivity contribution < 1.29 is 15.7 Å². The fourth-order valence-electron chi connectivity index (χ4n) is 1.69. The van der Waals surface area contributed by atoms with E-state index in [2.05, 4.69) is 41.8 Å². The van der Waals surface area contributed by atoms with Crippen LogP contribution >= 0.6 is 0 Å². The number of nitrogens with two attached hydrogens (primary N) is 2. The normalized spacial score (nSPS) is 12.7. The standard InChI is InChI=1S/C13H22N2O/c1-11-5-3-4-6-13(11)10-15-8-7-14-9-12(2)16/h3-6,12,14-16H,7-10H2,1-2H3/p+2/t12-/m0/s1. The van der Waals surface area contributed by atoms with Crippen LogP contribution < -0.4 is 10.6 Å². The Kier molecular flexibility index (Phi) is 6.08. The van der Waals surface area contributed by atoms with E-state index in [9.17, 15) is 0 Å². The predicted octanol–water partition coefficient (Wildman–Crippen LogP) is -0.997. The van der Waals surface area contributed by atoms with Crippen LogP contribution in [0, 0.1) is 6.92 Å². The number of rotatable bonds is 7. The average Bonchev–Trinajstić information content (AvgIpc) is 2.25.